The number of hydrogen-bond acceptors (Lipinski definition) is 3. The first-order chi connectivity index (χ1) is 18.4. The molecule has 214 valence electrons. The van der Waals surface area contributed by atoms with Gasteiger partial charge >= 0.3 is 0 Å². The zero-order chi connectivity index (χ0) is 27.8. The van der Waals surface area contributed by atoms with Crippen LogP contribution in [0.3, 0.4) is 0 Å². The molecule has 5 nitrogen and oxygen atoms in total. The third-order valence-electron chi connectivity index (χ3n) is 6.57. The summed E-state index contributed by atoms with van der Waals surface area (Å²) in [6.07, 6.45) is 18.3. The fourth-order valence-electron chi connectivity index (χ4n) is 4.40. The summed E-state index contributed by atoms with van der Waals surface area (Å²) in [5.41, 5.74) is 0.0371. The molecule has 1 amide bonds. The molecule has 9 heteroatoms. The van der Waals surface area contributed by atoms with E-state index in [1.165, 1.54) is 74.2 Å². The number of unbranched alkanes of at least 4 members (excludes halogenated alkanes) is 13. The van der Waals surface area contributed by atoms with Crippen LogP contribution in [0.25, 0.3) is 5.69 Å². The molecule has 0 saturated carbocycles. The molecule has 0 bridgehead atoms. The van der Waals surface area contributed by atoms with Crippen molar-refractivity contribution in [1.82, 2.24) is 9.78 Å². The Hall–Kier alpha value is -1.08. The number of benzene rings is 1. The standard InChI is InChI=1S/C29H44Cl3N3O2S/c1-3-5-7-9-10-11-12-13-15-17-19-38-27-28(33-25(36)18-16-14-8-6-4-2)34-35(29(27)37)26-23(31)20-22(30)21-24(26)32/h20-21,34H,3-19H2,1-2H3,(H,33,36). The van der Waals surface area contributed by atoms with E-state index >= 15 is 0 Å². The molecular weight excluding hydrogens is 561 g/mol. The Morgan fingerprint density at radius 1 is 0.816 bits per heavy atom. The smallest absolute Gasteiger partial charge is 0.287 e. The first kappa shape index (κ1) is 33.1. The average molecular weight is 605 g/mol. The molecule has 2 rings (SSSR count). The van der Waals surface area contributed by atoms with E-state index in [1.54, 1.807) is 12.1 Å². The van der Waals surface area contributed by atoms with Gasteiger partial charge in [-0.25, -0.2) is 4.68 Å². The van der Waals surface area contributed by atoms with E-state index in [4.69, 9.17) is 34.8 Å². The third-order valence-corrected chi connectivity index (χ3v) is 8.52. The van der Waals surface area contributed by atoms with E-state index in [0.717, 1.165) is 44.3 Å². The highest BCUT2D eigenvalue weighted by Gasteiger charge is 2.21. The maximum atomic E-state index is 13.4. The highest BCUT2D eigenvalue weighted by molar-refractivity contribution is 7.99. The van der Waals surface area contributed by atoms with Crippen LogP contribution in [-0.4, -0.2) is 21.4 Å². The highest BCUT2D eigenvalue weighted by Crippen LogP contribution is 2.33. The summed E-state index contributed by atoms with van der Waals surface area (Å²) in [6.45, 7) is 4.41. The molecule has 0 aliphatic heterocycles. The molecule has 0 atom stereocenters. The van der Waals surface area contributed by atoms with E-state index in [2.05, 4.69) is 24.3 Å². The van der Waals surface area contributed by atoms with Crippen LogP contribution in [0.5, 0.6) is 0 Å². The number of hydrogen-bond donors (Lipinski definition) is 2. The minimum atomic E-state index is -0.286. The van der Waals surface area contributed by atoms with Crippen molar-refractivity contribution in [3.63, 3.8) is 0 Å². The van der Waals surface area contributed by atoms with Gasteiger partial charge in [0, 0.05) is 11.4 Å². The molecule has 0 radical (unpaired) electrons. The zero-order valence-electron chi connectivity index (χ0n) is 23.0. The van der Waals surface area contributed by atoms with Crippen LogP contribution in [0.15, 0.2) is 21.8 Å². The number of halogens is 3. The highest BCUT2D eigenvalue weighted by atomic mass is 35.5. The second-order valence-electron chi connectivity index (χ2n) is 9.92. The third kappa shape index (κ3) is 11.6. The summed E-state index contributed by atoms with van der Waals surface area (Å²) < 4.78 is 1.30. The molecule has 0 aliphatic rings. The summed E-state index contributed by atoms with van der Waals surface area (Å²) in [5.74, 6) is 1.09. The predicted molar refractivity (Wildman–Crippen MR) is 166 cm³/mol. The minimum absolute atomic E-state index is 0.107. The number of carbonyl (C=O) groups excluding carboxylic acids is 1. The summed E-state index contributed by atoms with van der Waals surface area (Å²) in [7, 11) is 0. The molecule has 0 fully saturated rings. The first-order valence-corrected chi connectivity index (χ1v) is 16.4. The second kappa shape index (κ2) is 19.1. The Balaban J connectivity index is 2.01. The molecule has 1 aromatic carbocycles. The van der Waals surface area contributed by atoms with Crippen molar-refractivity contribution in [1.29, 1.82) is 0 Å². The van der Waals surface area contributed by atoms with Crippen molar-refractivity contribution in [2.75, 3.05) is 11.1 Å². The quantitative estimate of drug-likeness (QED) is 0.117. The van der Waals surface area contributed by atoms with Crippen molar-refractivity contribution < 1.29 is 4.79 Å². The average Bonchev–Trinajstić information content (AvgIpc) is 3.16. The van der Waals surface area contributed by atoms with Gasteiger partial charge in [0.2, 0.25) is 5.91 Å². The molecule has 2 aromatic rings. The Kier molecular flexibility index (Phi) is 16.6. The van der Waals surface area contributed by atoms with Gasteiger partial charge in [-0.15, -0.1) is 11.8 Å². The monoisotopic (exact) mass is 603 g/mol. The number of aromatic amines is 1. The van der Waals surface area contributed by atoms with Gasteiger partial charge in [-0.3, -0.25) is 14.7 Å². The predicted octanol–water partition coefficient (Wildman–Crippen LogP) is 10.4. The number of nitrogens with one attached hydrogen (secondary N) is 2. The largest absolute Gasteiger partial charge is 0.310 e. The van der Waals surface area contributed by atoms with E-state index in [9.17, 15) is 9.59 Å². The first-order valence-electron chi connectivity index (χ1n) is 14.3. The molecular formula is C29H44Cl3N3O2S. The van der Waals surface area contributed by atoms with Gasteiger partial charge in [-0.05, 0) is 30.7 Å². The van der Waals surface area contributed by atoms with Gasteiger partial charge in [-0.1, -0.05) is 132 Å². The van der Waals surface area contributed by atoms with Crippen LogP contribution in [-0.2, 0) is 4.79 Å². The number of thioether (sulfide) groups is 1. The van der Waals surface area contributed by atoms with Crippen molar-refractivity contribution in [2.45, 2.75) is 121 Å². The number of aromatic nitrogens is 2. The van der Waals surface area contributed by atoms with E-state index in [0.29, 0.717) is 27.8 Å². The normalized spacial score (nSPS) is 11.3. The second-order valence-corrected chi connectivity index (χ2v) is 12.3. The van der Waals surface area contributed by atoms with Gasteiger partial charge in [-0.2, -0.15) is 0 Å². The van der Waals surface area contributed by atoms with Gasteiger partial charge in [0.1, 0.15) is 16.4 Å². The Morgan fingerprint density at radius 2 is 1.32 bits per heavy atom. The summed E-state index contributed by atoms with van der Waals surface area (Å²) >= 11 is 20.3. The number of H-pyrrole nitrogens is 1. The maximum absolute atomic E-state index is 13.4. The van der Waals surface area contributed by atoms with Gasteiger partial charge in [0.25, 0.3) is 5.56 Å². The number of anilines is 1. The molecule has 0 aliphatic carbocycles. The topological polar surface area (TPSA) is 66.9 Å². The molecule has 1 heterocycles. The van der Waals surface area contributed by atoms with Crippen molar-refractivity contribution >= 4 is 58.3 Å². The molecule has 0 unspecified atom stereocenters. The number of nitrogens with zero attached hydrogens (tertiary/aromatic N) is 1. The number of rotatable bonds is 20. The van der Waals surface area contributed by atoms with Crippen molar-refractivity contribution in [2.24, 2.45) is 0 Å². The Labute approximate surface area is 247 Å². The zero-order valence-corrected chi connectivity index (χ0v) is 26.1. The van der Waals surface area contributed by atoms with Crippen LogP contribution < -0.4 is 10.9 Å². The van der Waals surface area contributed by atoms with Crippen LogP contribution in [0.1, 0.15) is 117 Å². The number of amides is 1. The van der Waals surface area contributed by atoms with Crippen LogP contribution in [0.4, 0.5) is 5.82 Å². The molecule has 2 N–H and O–H groups in total. The van der Waals surface area contributed by atoms with Crippen LogP contribution >= 0.6 is 46.6 Å². The number of carbonyl (C=O) groups is 1. The van der Waals surface area contributed by atoms with Gasteiger partial charge in [0.05, 0.1) is 10.0 Å². The summed E-state index contributed by atoms with van der Waals surface area (Å²) in [4.78, 5) is 26.6. The van der Waals surface area contributed by atoms with E-state index in [1.807, 2.05) is 0 Å². The van der Waals surface area contributed by atoms with E-state index in [-0.39, 0.29) is 21.5 Å². The molecule has 38 heavy (non-hydrogen) atoms. The van der Waals surface area contributed by atoms with Crippen molar-refractivity contribution in [3.05, 3.63) is 37.6 Å². The van der Waals surface area contributed by atoms with Crippen LogP contribution in [0.2, 0.25) is 15.1 Å². The van der Waals surface area contributed by atoms with Gasteiger partial charge < -0.3 is 5.32 Å². The lowest BCUT2D eigenvalue weighted by Gasteiger charge is -2.08. The lowest BCUT2D eigenvalue weighted by molar-refractivity contribution is -0.116. The SMILES string of the molecule is CCCCCCCCCCCCSc1c(NC(=O)CCCCCCC)[nH]n(-c2c(Cl)cc(Cl)cc2Cl)c1=O. The van der Waals surface area contributed by atoms with E-state index < -0.39 is 0 Å². The van der Waals surface area contributed by atoms with Crippen LogP contribution in [0, 0.1) is 0 Å². The summed E-state index contributed by atoms with van der Waals surface area (Å²) in [5, 5.41) is 6.86. The van der Waals surface area contributed by atoms with Gasteiger partial charge in [0.15, 0.2) is 0 Å². The maximum Gasteiger partial charge on any atom is 0.287 e. The molecule has 0 saturated heterocycles. The summed E-state index contributed by atoms with van der Waals surface area (Å²) in [6, 6.07) is 3.09. The fraction of sp³-hybridized carbons (Fsp3) is 0.655. The molecule has 0 spiro atoms. The Bertz CT molecular complexity index is 1020. The lowest BCUT2D eigenvalue weighted by atomic mass is 10.1. The molecule has 1 aromatic heterocycles. The van der Waals surface area contributed by atoms with Crippen molar-refractivity contribution in [3.8, 4) is 5.69 Å². The lowest BCUT2D eigenvalue weighted by Crippen LogP contribution is -2.16. The fourth-order valence-corrected chi connectivity index (χ4v) is 6.40. The Morgan fingerprint density at radius 3 is 1.87 bits per heavy atom. The minimum Gasteiger partial charge on any atom is -0.310 e.